The first-order valence-corrected chi connectivity index (χ1v) is 11.1. The van der Waals surface area contributed by atoms with Gasteiger partial charge in [-0.1, -0.05) is 18.9 Å². The fourth-order valence-electron chi connectivity index (χ4n) is 3.65. The molecule has 152 valence electrons. The van der Waals surface area contributed by atoms with Crippen molar-refractivity contribution in [2.24, 2.45) is 0 Å². The maximum absolute atomic E-state index is 12.8. The van der Waals surface area contributed by atoms with Crippen LogP contribution in [0, 0.1) is 6.92 Å². The summed E-state index contributed by atoms with van der Waals surface area (Å²) in [5, 5.41) is 3.02. The van der Waals surface area contributed by atoms with Crippen LogP contribution in [-0.4, -0.2) is 34.2 Å². The zero-order chi connectivity index (χ0) is 20.4. The van der Waals surface area contributed by atoms with Gasteiger partial charge in [-0.15, -0.1) is 0 Å². The summed E-state index contributed by atoms with van der Waals surface area (Å²) < 4.78 is 29.1. The van der Waals surface area contributed by atoms with E-state index in [0.717, 1.165) is 36.9 Å². The molecule has 1 aliphatic rings. The average Bonchev–Trinajstić information content (AvgIpc) is 3.32. The molecule has 0 saturated heterocycles. The second-order valence-corrected chi connectivity index (χ2v) is 9.06. The Morgan fingerprint density at radius 2 is 2.00 bits per heavy atom. The fourth-order valence-corrected chi connectivity index (χ4v) is 4.90. The van der Waals surface area contributed by atoms with Gasteiger partial charge in [0.05, 0.1) is 0 Å². The van der Waals surface area contributed by atoms with Gasteiger partial charge in [-0.05, 0) is 43.5 Å². The molecule has 3 aromatic heterocycles. The molecule has 2 N–H and O–H groups in total. The van der Waals surface area contributed by atoms with Gasteiger partial charge in [-0.25, -0.2) is 22.8 Å². The van der Waals surface area contributed by atoms with E-state index in [9.17, 15) is 13.2 Å². The van der Waals surface area contributed by atoms with Gasteiger partial charge in [0.25, 0.3) is 5.56 Å². The lowest BCUT2D eigenvalue weighted by molar-refractivity contribution is 0.552. The van der Waals surface area contributed by atoms with E-state index < -0.39 is 10.0 Å². The van der Waals surface area contributed by atoms with Gasteiger partial charge in [0.1, 0.15) is 4.90 Å². The quantitative estimate of drug-likeness (QED) is 0.643. The molecule has 3 aromatic rings. The van der Waals surface area contributed by atoms with Crippen molar-refractivity contribution in [3.05, 3.63) is 70.0 Å². The van der Waals surface area contributed by atoms with Crippen molar-refractivity contribution in [3.63, 3.8) is 0 Å². The minimum atomic E-state index is -3.61. The standard InChI is InChI=1S/C20H23N5O3S/c1-14-18(11-15-5-4-10-21-12-15)20(26)25(23-14)19-9-8-17(13-22-19)29(27,28)24-16-6-2-3-7-16/h4-5,8-10,12-13,16,23-24H,2-3,6-7,11H2,1H3. The average molecular weight is 414 g/mol. The Morgan fingerprint density at radius 3 is 2.66 bits per heavy atom. The highest BCUT2D eigenvalue weighted by molar-refractivity contribution is 7.89. The van der Waals surface area contributed by atoms with Crippen LogP contribution >= 0.6 is 0 Å². The molecule has 0 atom stereocenters. The number of hydrogen-bond donors (Lipinski definition) is 2. The first kappa shape index (κ1) is 19.5. The van der Waals surface area contributed by atoms with Crippen LogP contribution in [0.2, 0.25) is 0 Å². The molecule has 0 amide bonds. The molecule has 4 rings (SSSR count). The van der Waals surface area contributed by atoms with Crippen LogP contribution in [0.1, 0.15) is 42.5 Å². The lowest BCUT2D eigenvalue weighted by Crippen LogP contribution is -2.32. The van der Waals surface area contributed by atoms with Crippen LogP contribution in [0.5, 0.6) is 0 Å². The van der Waals surface area contributed by atoms with E-state index >= 15 is 0 Å². The lowest BCUT2D eigenvalue weighted by atomic mass is 10.1. The zero-order valence-electron chi connectivity index (χ0n) is 16.1. The first-order valence-electron chi connectivity index (χ1n) is 9.62. The molecule has 3 heterocycles. The summed E-state index contributed by atoms with van der Waals surface area (Å²) >= 11 is 0. The zero-order valence-corrected chi connectivity index (χ0v) is 16.9. The third-order valence-electron chi connectivity index (χ3n) is 5.23. The predicted octanol–water partition coefficient (Wildman–Crippen LogP) is 2.08. The number of aromatic amines is 1. The van der Waals surface area contributed by atoms with Gasteiger partial charge in [0.2, 0.25) is 10.0 Å². The molecule has 0 radical (unpaired) electrons. The molecule has 0 aliphatic heterocycles. The number of aryl methyl sites for hydroxylation is 1. The molecular weight excluding hydrogens is 390 g/mol. The largest absolute Gasteiger partial charge is 0.294 e. The molecule has 0 aromatic carbocycles. The van der Waals surface area contributed by atoms with Crippen molar-refractivity contribution in [1.29, 1.82) is 0 Å². The molecular formula is C20H23N5O3S. The minimum Gasteiger partial charge on any atom is -0.294 e. The van der Waals surface area contributed by atoms with E-state index in [1.54, 1.807) is 12.4 Å². The predicted molar refractivity (Wildman–Crippen MR) is 109 cm³/mol. The molecule has 0 bridgehead atoms. The smallest absolute Gasteiger partial charge is 0.276 e. The van der Waals surface area contributed by atoms with Crippen LogP contribution < -0.4 is 10.3 Å². The van der Waals surface area contributed by atoms with Crippen LogP contribution in [0.4, 0.5) is 0 Å². The lowest BCUT2D eigenvalue weighted by Gasteiger charge is -2.12. The number of H-pyrrole nitrogens is 1. The molecule has 1 saturated carbocycles. The van der Waals surface area contributed by atoms with E-state index in [1.807, 2.05) is 19.1 Å². The molecule has 29 heavy (non-hydrogen) atoms. The Morgan fingerprint density at radius 1 is 1.21 bits per heavy atom. The van der Waals surface area contributed by atoms with E-state index in [4.69, 9.17) is 0 Å². The number of nitrogens with one attached hydrogen (secondary N) is 2. The highest BCUT2D eigenvalue weighted by Crippen LogP contribution is 2.20. The monoisotopic (exact) mass is 413 g/mol. The summed E-state index contributed by atoms with van der Waals surface area (Å²) in [5.41, 5.74) is 2.09. The normalized spacial score (nSPS) is 15.1. The summed E-state index contributed by atoms with van der Waals surface area (Å²) in [6, 6.07) is 6.75. The van der Waals surface area contributed by atoms with Crippen molar-refractivity contribution in [2.75, 3.05) is 0 Å². The molecule has 0 spiro atoms. The van der Waals surface area contributed by atoms with Gasteiger partial charge in [-0.2, -0.15) is 0 Å². The Kier molecular flexibility index (Phi) is 5.33. The number of hydrogen-bond acceptors (Lipinski definition) is 5. The number of sulfonamides is 1. The Hall–Kier alpha value is -2.78. The van der Waals surface area contributed by atoms with Crippen LogP contribution in [-0.2, 0) is 16.4 Å². The minimum absolute atomic E-state index is 0.0108. The summed E-state index contributed by atoms with van der Waals surface area (Å²) in [7, 11) is -3.61. The van der Waals surface area contributed by atoms with Crippen molar-refractivity contribution < 1.29 is 8.42 Å². The summed E-state index contributed by atoms with van der Waals surface area (Å²) in [5.74, 6) is 0.343. The summed E-state index contributed by atoms with van der Waals surface area (Å²) in [6.45, 7) is 1.83. The fraction of sp³-hybridized carbons (Fsp3) is 0.350. The van der Waals surface area contributed by atoms with Gasteiger partial charge in [0.15, 0.2) is 5.82 Å². The van der Waals surface area contributed by atoms with E-state index in [1.165, 1.54) is 23.0 Å². The topological polar surface area (TPSA) is 110 Å². The van der Waals surface area contributed by atoms with E-state index in [-0.39, 0.29) is 16.5 Å². The Bertz CT molecular complexity index is 1150. The van der Waals surface area contributed by atoms with Crippen LogP contribution in [0.15, 0.2) is 52.5 Å². The maximum atomic E-state index is 12.8. The number of nitrogens with zero attached hydrogens (tertiary/aromatic N) is 3. The number of pyridine rings is 2. The summed E-state index contributed by atoms with van der Waals surface area (Å²) in [4.78, 5) is 21.2. The van der Waals surface area contributed by atoms with Gasteiger partial charge >= 0.3 is 0 Å². The molecule has 1 aliphatic carbocycles. The third kappa shape index (κ3) is 4.15. The Labute approximate surface area is 169 Å². The second-order valence-electron chi connectivity index (χ2n) is 7.35. The van der Waals surface area contributed by atoms with E-state index in [0.29, 0.717) is 17.8 Å². The third-order valence-corrected chi connectivity index (χ3v) is 6.74. The van der Waals surface area contributed by atoms with Gasteiger partial charge in [0, 0.05) is 42.3 Å². The molecule has 1 fully saturated rings. The molecule has 9 heteroatoms. The highest BCUT2D eigenvalue weighted by Gasteiger charge is 2.23. The molecule has 8 nitrogen and oxygen atoms in total. The van der Waals surface area contributed by atoms with Crippen molar-refractivity contribution >= 4 is 10.0 Å². The van der Waals surface area contributed by atoms with Crippen LogP contribution in [0.25, 0.3) is 5.82 Å². The van der Waals surface area contributed by atoms with E-state index in [2.05, 4.69) is 19.8 Å². The number of rotatable bonds is 6. The molecule has 0 unspecified atom stereocenters. The Balaban J connectivity index is 1.58. The van der Waals surface area contributed by atoms with Gasteiger partial charge < -0.3 is 0 Å². The first-order chi connectivity index (χ1) is 13.9. The van der Waals surface area contributed by atoms with Crippen molar-refractivity contribution in [1.82, 2.24) is 24.5 Å². The van der Waals surface area contributed by atoms with Crippen molar-refractivity contribution in [3.8, 4) is 5.82 Å². The van der Waals surface area contributed by atoms with Gasteiger partial charge in [-0.3, -0.25) is 14.9 Å². The van der Waals surface area contributed by atoms with Crippen molar-refractivity contribution in [2.45, 2.75) is 50.0 Å². The van der Waals surface area contributed by atoms with Crippen LogP contribution in [0.3, 0.4) is 0 Å². The highest BCUT2D eigenvalue weighted by atomic mass is 32.2. The maximum Gasteiger partial charge on any atom is 0.276 e. The summed E-state index contributed by atoms with van der Waals surface area (Å²) in [6.07, 6.45) is 8.97. The number of aromatic nitrogens is 4. The SMILES string of the molecule is Cc1[nH]n(-c2ccc(S(=O)(=O)NC3CCCC3)cn2)c(=O)c1Cc1cccnc1. The second kappa shape index (κ2) is 7.92.